The van der Waals surface area contributed by atoms with Crippen molar-refractivity contribution >= 4 is 28.6 Å². The van der Waals surface area contributed by atoms with Crippen LogP contribution in [0, 0.1) is 0 Å². The van der Waals surface area contributed by atoms with E-state index in [9.17, 15) is 27.9 Å². The van der Waals surface area contributed by atoms with E-state index in [4.69, 9.17) is 4.74 Å². The second-order valence-electron chi connectivity index (χ2n) is 10.7. The number of carboxylic acids is 1. The quantitative estimate of drug-likeness (QED) is 0.358. The zero-order valence-corrected chi connectivity index (χ0v) is 21.9. The van der Waals surface area contributed by atoms with Crippen LogP contribution in [0.4, 0.5) is 18.0 Å². The van der Waals surface area contributed by atoms with Gasteiger partial charge in [0.2, 0.25) is 0 Å². The van der Waals surface area contributed by atoms with E-state index in [2.05, 4.69) is 20.5 Å². The highest BCUT2D eigenvalue weighted by atomic mass is 19.4. The standard InChI is InChI=1S/C27H27F3N6O4/c1-26(2,3)40-25(39)31-18-10-11-35(14-18)22(27(28,29)30)17-7-9-21-33-34-23(36(21)13-17)19-8-6-15-4-5-16(24(37)38)12-20(15)32-19/h4-9,12-13,18,22H,10-11,14H2,1-3H3,(H,31,39)(H,37,38)/t18?,22-/m0/s1. The summed E-state index contributed by atoms with van der Waals surface area (Å²) in [4.78, 5) is 29.3. The van der Waals surface area contributed by atoms with E-state index in [1.54, 1.807) is 39.0 Å². The SMILES string of the molecule is CC(C)(C)OC(=O)NC1CCN([C@@H](c2ccc3nnc(-c4ccc5ccc(C(=O)O)cc5n4)n3c2)C(F)(F)F)C1. The Hall–Kier alpha value is -4.26. The largest absolute Gasteiger partial charge is 0.478 e. The van der Waals surface area contributed by atoms with Crippen LogP contribution in [-0.4, -0.2) is 72.6 Å². The number of amides is 1. The number of likely N-dealkylation sites (tertiary alicyclic amines) is 1. The second kappa shape index (κ2) is 10.0. The molecule has 1 aliphatic heterocycles. The van der Waals surface area contributed by atoms with Crippen LogP contribution in [0.25, 0.3) is 28.1 Å². The van der Waals surface area contributed by atoms with Gasteiger partial charge < -0.3 is 15.2 Å². The molecule has 5 rings (SSSR count). The first-order chi connectivity index (χ1) is 18.8. The molecule has 0 spiro atoms. The maximum atomic E-state index is 14.4. The topological polar surface area (TPSA) is 122 Å². The van der Waals surface area contributed by atoms with Crippen molar-refractivity contribution in [3.63, 3.8) is 0 Å². The van der Waals surface area contributed by atoms with E-state index >= 15 is 0 Å². The molecule has 2 N–H and O–H groups in total. The van der Waals surface area contributed by atoms with E-state index < -0.39 is 35.9 Å². The third-order valence-electron chi connectivity index (χ3n) is 6.52. The molecule has 0 radical (unpaired) electrons. The van der Waals surface area contributed by atoms with Gasteiger partial charge in [0, 0.05) is 30.7 Å². The number of halogens is 3. The molecule has 210 valence electrons. The van der Waals surface area contributed by atoms with Crippen LogP contribution in [0.2, 0.25) is 0 Å². The Morgan fingerprint density at radius 3 is 2.55 bits per heavy atom. The molecule has 1 aliphatic rings. The Morgan fingerprint density at radius 2 is 1.85 bits per heavy atom. The minimum absolute atomic E-state index is 0.00532. The number of ether oxygens (including phenoxy) is 1. The summed E-state index contributed by atoms with van der Waals surface area (Å²) in [5.41, 5.74) is 0.370. The summed E-state index contributed by atoms with van der Waals surface area (Å²) >= 11 is 0. The van der Waals surface area contributed by atoms with Gasteiger partial charge in [-0.05, 0) is 57.0 Å². The lowest BCUT2D eigenvalue weighted by Crippen LogP contribution is -2.42. The number of aromatic carboxylic acids is 1. The van der Waals surface area contributed by atoms with E-state index in [0.717, 1.165) is 0 Å². The van der Waals surface area contributed by atoms with Crippen molar-refractivity contribution in [2.75, 3.05) is 13.1 Å². The molecule has 1 unspecified atom stereocenters. The molecule has 4 heterocycles. The van der Waals surface area contributed by atoms with Crippen LogP contribution < -0.4 is 5.32 Å². The lowest BCUT2D eigenvalue weighted by Gasteiger charge is -2.30. The fourth-order valence-electron chi connectivity index (χ4n) is 4.84. The van der Waals surface area contributed by atoms with E-state index in [-0.39, 0.29) is 30.0 Å². The lowest BCUT2D eigenvalue weighted by molar-refractivity contribution is -0.184. The highest BCUT2D eigenvalue weighted by Crippen LogP contribution is 2.40. The molecule has 40 heavy (non-hydrogen) atoms. The molecule has 10 nitrogen and oxygen atoms in total. The van der Waals surface area contributed by atoms with Crippen molar-refractivity contribution in [2.24, 2.45) is 0 Å². The molecule has 0 aliphatic carbocycles. The van der Waals surface area contributed by atoms with Crippen molar-refractivity contribution in [2.45, 2.75) is 51.1 Å². The number of nitrogens with one attached hydrogen (secondary N) is 1. The van der Waals surface area contributed by atoms with Crippen LogP contribution in [0.15, 0.2) is 48.7 Å². The van der Waals surface area contributed by atoms with E-state index in [1.165, 1.54) is 39.8 Å². The summed E-state index contributed by atoms with van der Waals surface area (Å²) < 4.78 is 50.0. The average Bonchev–Trinajstić information content (AvgIpc) is 3.48. The van der Waals surface area contributed by atoms with Crippen LogP contribution in [0.1, 0.15) is 49.2 Å². The molecule has 3 aromatic heterocycles. The van der Waals surface area contributed by atoms with Crippen molar-refractivity contribution < 1.29 is 32.6 Å². The molecular weight excluding hydrogens is 529 g/mol. The fourth-order valence-corrected chi connectivity index (χ4v) is 4.84. The van der Waals surface area contributed by atoms with Gasteiger partial charge in [-0.3, -0.25) is 9.30 Å². The first kappa shape index (κ1) is 27.3. The maximum absolute atomic E-state index is 14.4. The molecule has 4 aromatic rings. The molecule has 1 aromatic carbocycles. The van der Waals surface area contributed by atoms with Crippen LogP contribution in [0.3, 0.4) is 0 Å². The maximum Gasteiger partial charge on any atom is 0.408 e. The monoisotopic (exact) mass is 556 g/mol. The number of benzene rings is 1. The van der Waals surface area contributed by atoms with Crippen LogP contribution in [-0.2, 0) is 4.74 Å². The molecule has 2 atom stereocenters. The summed E-state index contributed by atoms with van der Waals surface area (Å²) in [6.07, 6.45) is -3.59. The van der Waals surface area contributed by atoms with Crippen molar-refractivity contribution in [3.05, 3.63) is 59.8 Å². The molecule has 0 saturated carbocycles. The summed E-state index contributed by atoms with van der Waals surface area (Å²) in [5, 5.41) is 20.9. The van der Waals surface area contributed by atoms with Gasteiger partial charge >= 0.3 is 18.2 Å². The number of carbonyl (C=O) groups is 2. The summed E-state index contributed by atoms with van der Waals surface area (Å²) in [7, 11) is 0. The average molecular weight is 557 g/mol. The Bertz CT molecular complexity index is 1600. The normalized spacial score (nSPS) is 17.3. The third kappa shape index (κ3) is 5.69. The number of nitrogens with zero attached hydrogens (tertiary/aromatic N) is 5. The minimum atomic E-state index is -4.60. The third-order valence-corrected chi connectivity index (χ3v) is 6.52. The number of carbonyl (C=O) groups excluding carboxylic acids is 1. The number of carboxylic acid groups (broad SMARTS) is 1. The first-order valence-electron chi connectivity index (χ1n) is 12.6. The van der Waals surface area contributed by atoms with Crippen molar-refractivity contribution in [3.8, 4) is 11.5 Å². The van der Waals surface area contributed by atoms with Gasteiger partial charge in [-0.2, -0.15) is 13.2 Å². The van der Waals surface area contributed by atoms with Crippen molar-refractivity contribution in [1.82, 2.24) is 29.8 Å². The van der Waals surface area contributed by atoms with Gasteiger partial charge in [0.05, 0.1) is 11.1 Å². The van der Waals surface area contributed by atoms with Gasteiger partial charge in [0.15, 0.2) is 11.5 Å². The first-order valence-corrected chi connectivity index (χ1v) is 12.6. The number of hydrogen-bond acceptors (Lipinski definition) is 7. The number of aromatic nitrogens is 4. The predicted molar refractivity (Wildman–Crippen MR) is 139 cm³/mol. The number of fused-ring (bicyclic) bond motifs is 2. The summed E-state index contributed by atoms with van der Waals surface area (Å²) in [6.45, 7) is 5.25. The molecule has 13 heteroatoms. The zero-order chi connectivity index (χ0) is 28.8. The highest BCUT2D eigenvalue weighted by Gasteiger charge is 2.47. The van der Waals surface area contributed by atoms with Gasteiger partial charge in [-0.1, -0.05) is 18.2 Å². The Kier molecular flexibility index (Phi) is 6.86. The van der Waals surface area contributed by atoms with Crippen LogP contribution in [0.5, 0.6) is 0 Å². The number of pyridine rings is 2. The second-order valence-corrected chi connectivity index (χ2v) is 10.7. The Morgan fingerprint density at radius 1 is 1.10 bits per heavy atom. The summed E-state index contributed by atoms with van der Waals surface area (Å²) in [5.74, 6) is -0.887. The Balaban J connectivity index is 1.45. The van der Waals surface area contributed by atoms with Gasteiger partial charge in [0.1, 0.15) is 17.3 Å². The van der Waals surface area contributed by atoms with E-state index in [1.807, 2.05) is 0 Å². The molecule has 1 saturated heterocycles. The zero-order valence-electron chi connectivity index (χ0n) is 21.9. The van der Waals surface area contributed by atoms with E-state index in [0.29, 0.717) is 28.7 Å². The van der Waals surface area contributed by atoms with Gasteiger partial charge in [-0.25, -0.2) is 14.6 Å². The number of alkyl halides is 3. The predicted octanol–water partition coefficient (Wildman–Crippen LogP) is 4.85. The molecule has 1 fully saturated rings. The Labute approximate surface area is 226 Å². The highest BCUT2D eigenvalue weighted by molar-refractivity contribution is 5.93. The number of alkyl carbamates (subject to hydrolysis) is 1. The molecule has 1 amide bonds. The van der Waals surface area contributed by atoms with Gasteiger partial charge in [0.25, 0.3) is 0 Å². The lowest BCUT2D eigenvalue weighted by atomic mass is 10.1. The summed E-state index contributed by atoms with van der Waals surface area (Å²) in [6, 6.07) is 8.30. The molecule has 0 bridgehead atoms. The van der Waals surface area contributed by atoms with Gasteiger partial charge in [-0.15, -0.1) is 10.2 Å². The number of hydrogen-bond donors (Lipinski definition) is 2. The minimum Gasteiger partial charge on any atom is -0.478 e. The smallest absolute Gasteiger partial charge is 0.408 e. The molecular formula is C27H27F3N6O4. The van der Waals surface area contributed by atoms with Crippen LogP contribution >= 0.6 is 0 Å². The van der Waals surface area contributed by atoms with Crippen molar-refractivity contribution in [1.29, 1.82) is 0 Å². The fraction of sp³-hybridized carbons (Fsp3) is 0.370. The number of rotatable bonds is 5.